The molecule has 1 atom stereocenters. The number of ketones is 1. The van der Waals surface area contributed by atoms with Gasteiger partial charge >= 0.3 is 0 Å². The molecule has 0 aliphatic heterocycles. The van der Waals surface area contributed by atoms with Gasteiger partial charge in [0.2, 0.25) is 0 Å². The van der Waals surface area contributed by atoms with Gasteiger partial charge in [-0.25, -0.2) is 0 Å². The number of carbonyl (C=O) groups excluding carboxylic acids is 1. The zero-order valence-electron chi connectivity index (χ0n) is 14.7. The Labute approximate surface area is 144 Å². The van der Waals surface area contributed by atoms with E-state index in [4.69, 9.17) is 10.5 Å². The highest BCUT2D eigenvalue weighted by Gasteiger charge is 2.25. The molecule has 4 heteroatoms. The Bertz CT molecular complexity index is 671. The molecule has 1 unspecified atom stereocenters. The van der Waals surface area contributed by atoms with E-state index in [0.29, 0.717) is 23.6 Å². The Balaban J connectivity index is 2.29. The third-order valence-electron chi connectivity index (χ3n) is 4.09. The summed E-state index contributed by atoms with van der Waals surface area (Å²) < 4.78 is 5.45. The van der Waals surface area contributed by atoms with Gasteiger partial charge in [0, 0.05) is 17.8 Å². The fourth-order valence-electron chi connectivity index (χ4n) is 2.93. The van der Waals surface area contributed by atoms with Crippen LogP contribution in [0.4, 0.5) is 11.4 Å². The summed E-state index contributed by atoms with van der Waals surface area (Å²) in [5.74, 6) is 0.704. The van der Waals surface area contributed by atoms with Crippen LogP contribution in [0, 0.1) is 0 Å². The van der Waals surface area contributed by atoms with Crippen molar-refractivity contribution in [2.45, 2.75) is 33.2 Å². The van der Waals surface area contributed by atoms with Crippen LogP contribution in [0.3, 0.4) is 0 Å². The number of benzene rings is 2. The summed E-state index contributed by atoms with van der Waals surface area (Å²) in [6.45, 7) is 7.32. The summed E-state index contributed by atoms with van der Waals surface area (Å²) in [5, 5.41) is 0. The number of nitrogens with zero attached hydrogens (tertiary/aromatic N) is 1. The van der Waals surface area contributed by atoms with E-state index in [2.05, 4.69) is 11.8 Å². The number of likely N-dealkylation sites (N-methyl/N-ethyl adjacent to an activating group) is 1. The van der Waals surface area contributed by atoms with Gasteiger partial charge in [0.1, 0.15) is 5.75 Å². The van der Waals surface area contributed by atoms with Gasteiger partial charge in [0.15, 0.2) is 5.78 Å². The molecular weight excluding hydrogens is 300 g/mol. The number of nitrogen functional groups attached to an aromatic ring is 1. The fraction of sp³-hybridized carbons (Fsp3) is 0.350. The van der Waals surface area contributed by atoms with Crippen LogP contribution in [0.5, 0.6) is 5.75 Å². The molecule has 2 aromatic rings. The lowest BCUT2D eigenvalue weighted by Gasteiger charge is -2.31. The van der Waals surface area contributed by atoms with Crippen LogP contribution >= 0.6 is 0 Å². The monoisotopic (exact) mass is 326 g/mol. The Hall–Kier alpha value is -2.49. The van der Waals surface area contributed by atoms with Crippen LogP contribution in [0.25, 0.3) is 0 Å². The topological polar surface area (TPSA) is 55.6 Å². The van der Waals surface area contributed by atoms with Crippen molar-refractivity contribution in [1.82, 2.24) is 0 Å². The third kappa shape index (κ3) is 3.88. The molecule has 0 radical (unpaired) electrons. The zero-order valence-corrected chi connectivity index (χ0v) is 14.7. The van der Waals surface area contributed by atoms with E-state index >= 15 is 0 Å². The first kappa shape index (κ1) is 17.9. The van der Waals surface area contributed by atoms with Gasteiger partial charge in [0.25, 0.3) is 0 Å². The highest BCUT2D eigenvalue weighted by atomic mass is 16.5. The van der Waals surface area contributed by atoms with Crippen LogP contribution < -0.4 is 15.4 Å². The smallest absolute Gasteiger partial charge is 0.185 e. The lowest BCUT2D eigenvalue weighted by molar-refractivity contribution is 0.0955. The Morgan fingerprint density at radius 1 is 1.12 bits per heavy atom. The van der Waals surface area contributed by atoms with Crippen LogP contribution in [0.15, 0.2) is 48.5 Å². The molecule has 24 heavy (non-hydrogen) atoms. The molecule has 2 rings (SSSR count). The first-order chi connectivity index (χ1) is 11.6. The molecule has 0 heterocycles. The molecule has 0 aromatic heterocycles. The van der Waals surface area contributed by atoms with Gasteiger partial charge in [0.05, 0.1) is 18.3 Å². The summed E-state index contributed by atoms with van der Waals surface area (Å²) in [7, 11) is 0. The molecule has 0 spiro atoms. The standard InChI is InChI=1S/C20H26N2O2/c1-4-18(22(5-2)16-10-8-7-9-11-16)20(23)15-12-13-19(24-6-3)17(21)14-15/h7-14,18H,4-6,21H2,1-3H3. The number of para-hydroxylation sites is 1. The van der Waals surface area contributed by atoms with Gasteiger partial charge in [-0.1, -0.05) is 25.1 Å². The molecule has 2 N–H and O–H groups in total. The molecule has 0 aliphatic rings. The SMILES string of the molecule is CCOc1ccc(C(=O)C(CC)N(CC)c2ccccc2)cc1N. The van der Waals surface area contributed by atoms with Gasteiger partial charge in [-0.2, -0.15) is 0 Å². The number of ether oxygens (including phenoxy) is 1. The molecule has 0 saturated heterocycles. The van der Waals surface area contributed by atoms with Crippen LogP contribution in [-0.2, 0) is 0 Å². The number of nitrogens with two attached hydrogens (primary N) is 1. The van der Waals surface area contributed by atoms with E-state index in [1.54, 1.807) is 18.2 Å². The normalized spacial score (nSPS) is 11.8. The second kappa shape index (κ2) is 8.39. The van der Waals surface area contributed by atoms with E-state index in [-0.39, 0.29) is 11.8 Å². The highest BCUT2D eigenvalue weighted by molar-refractivity contribution is 6.02. The maximum Gasteiger partial charge on any atom is 0.185 e. The van der Waals surface area contributed by atoms with E-state index in [0.717, 1.165) is 18.7 Å². The summed E-state index contributed by atoms with van der Waals surface area (Å²) in [6.07, 6.45) is 0.731. The largest absolute Gasteiger partial charge is 0.492 e. The van der Waals surface area contributed by atoms with Gasteiger partial charge < -0.3 is 15.4 Å². The van der Waals surface area contributed by atoms with Crippen molar-refractivity contribution in [3.05, 3.63) is 54.1 Å². The van der Waals surface area contributed by atoms with E-state index in [9.17, 15) is 4.79 Å². The number of hydrogen-bond acceptors (Lipinski definition) is 4. The van der Waals surface area contributed by atoms with E-state index in [1.807, 2.05) is 44.2 Å². The van der Waals surface area contributed by atoms with Crippen molar-refractivity contribution in [2.75, 3.05) is 23.8 Å². The molecule has 0 fully saturated rings. The lowest BCUT2D eigenvalue weighted by Crippen LogP contribution is -2.41. The zero-order chi connectivity index (χ0) is 17.5. The number of anilines is 2. The van der Waals surface area contributed by atoms with E-state index < -0.39 is 0 Å². The Kier molecular flexibility index (Phi) is 6.24. The van der Waals surface area contributed by atoms with Crippen LogP contribution in [0.2, 0.25) is 0 Å². The molecule has 4 nitrogen and oxygen atoms in total. The maximum atomic E-state index is 13.0. The number of carbonyl (C=O) groups is 1. The van der Waals surface area contributed by atoms with E-state index in [1.165, 1.54) is 0 Å². The maximum absolute atomic E-state index is 13.0. The van der Waals surface area contributed by atoms with Crippen molar-refractivity contribution >= 4 is 17.2 Å². The molecule has 0 saturated carbocycles. The number of rotatable bonds is 8. The average Bonchev–Trinajstić information content (AvgIpc) is 2.61. The van der Waals surface area contributed by atoms with Crippen molar-refractivity contribution in [3.63, 3.8) is 0 Å². The number of hydrogen-bond donors (Lipinski definition) is 1. The van der Waals surface area contributed by atoms with Crippen molar-refractivity contribution in [1.29, 1.82) is 0 Å². The molecule has 128 valence electrons. The summed E-state index contributed by atoms with van der Waals surface area (Å²) in [4.78, 5) is 15.2. The Morgan fingerprint density at radius 2 is 1.83 bits per heavy atom. The second-order valence-electron chi connectivity index (χ2n) is 5.60. The molecule has 0 bridgehead atoms. The van der Waals surface area contributed by atoms with Crippen LogP contribution in [0.1, 0.15) is 37.6 Å². The minimum atomic E-state index is -0.213. The van der Waals surface area contributed by atoms with Gasteiger partial charge in [-0.15, -0.1) is 0 Å². The lowest BCUT2D eigenvalue weighted by atomic mass is 9.99. The first-order valence-electron chi connectivity index (χ1n) is 8.50. The third-order valence-corrected chi connectivity index (χ3v) is 4.09. The minimum Gasteiger partial charge on any atom is -0.492 e. The predicted octanol–water partition coefficient (Wildman–Crippen LogP) is 4.16. The van der Waals surface area contributed by atoms with Gasteiger partial charge in [-0.05, 0) is 50.6 Å². The minimum absolute atomic E-state index is 0.0814. The van der Waals surface area contributed by atoms with Crippen molar-refractivity contribution in [2.24, 2.45) is 0 Å². The quantitative estimate of drug-likeness (QED) is 0.585. The van der Waals surface area contributed by atoms with Crippen LogP contribution in [-0.4, -0.2) is 25.0 Å². The first-order valence-corrected chi connectivity index (χ1v) is 8.50. The molecular formula is C20H26N2O2. The Morgan fingerprint density at radius 3 is 2.38 bits per heavy atom. The predicted molar refractivity (Wildman–Crippen MR) is 99.9 cm³/mol. The average molecular weight is 326 g/mol. The summed E-state index contributed by atoms with van der Waals surface area (Å²) in [6, 6.07) is 15.1. The van der Waals surface area contributed by atoms with Crippen molar-refractivity contribution < 1.29 is 9.53 Å². The molecule has 0 aliphatic carbocycles. The summed E-state index contributed by atoms with van der Waals surface area (Å²) in [5.41, 5.74) is 8.19. The van der Waals surface area contributed by atoms with Crippen molar-refractivity contribution in [3.8, 4) is 5.75 Å². The highest BCUT2D eigenvalue weighted by Crippen LogP contribution is 2.26. The molecule has 2 aromatic carbocycles. The summed E-state index contributed by atoms with van der Waals surface area (Å²) >= 11 is 0. The molecule has 0 amide bonds. The fourth-order valence-corrected chi connectivity index (χ4v) is 2.93. The second-order valence-corrected chi connectivity index (χ2v) is 5.60. The number of Topliss-reactive ketones (excluding diaryl/α,β-unsaturated/α-hetero) is 1. The van der Waals surface area contributed by atoms with Gasteiger partial charge in [-0.3, -0.25) is 4.79 Å².